The predicted octanol–water partition coefficient (Wildman–Crippen LogP) is 2.40. The summed E-state index contributed by atoms with van der Waals surface area (Å²) in [6.07, 6.45) is 2.97. The Morgan fingerprint density at radius 3 is 2.72 bits per heavy atom. The van der Waals surface area contributed by atoms with E-state index in [1.54, 1.807) is 0 Å². The summed E-state index contributed by atoms with van der Waals surface area (Å²) in [4.78, 5) is 0. The first-order valence-electron chi connectivity index (χ1n) is 6.49. The molecule has 0 radical (unpaired) electrons. The van der Waals surface area contributed by atoms with Crippen molar-refractivity contribution in [3.8, 4) is 0 Å². The molecule has 102 valence electrons. The van der Waals surface area contributed by atoms with Crippen LogP contribution in [0.15, 0.2) is 18.2 Å². The summed E-state index contributed by atoms with van der Waals surface area (Å²) in [5.41, 5.74) is 8.20. The van der Waals surface area contributed by atoms with Crippen LogP contribution in [0.3, 0.4) is 0 Å². The van der Waals surface area contributed by atoms with E-state index in [1.807, 2.05) is 18.2 Å². The van der Waals surface area contributed by atoms with Gasteiger partial charge in [0, 0.05) is 24.2 Å². The number of hydrogen-bond acceptors (Lipinski definition) is 3. The van der Waals surface area contributed by atoms with Crippen LogP contribution < -0.4 is 11.1 Å². The monoisotopic (exact) mass is 270 g/mol. The van der Waals surface area contributed by atoms with Gasteiger partial charge in [-0.2, -0.15) is 0 Å². The lowest BCUT2D eigenvalue weighted by Gasteiger charge is -2.19. The third-order valence-corrected chi connectivity index (χ3v) is 3.30. The van der Waals surface area contributed by atoms with E-state index in [2.05, 4.69) is 12.2 Å². The predicted molar refractivity (Wildman–Crippen MR) is 76.9 cm³/mol. The van der Waals surface area contributed by atoms with Gasteiger partial charge in [-0.05, 0) is 56.0 Å². The van der Waals surface area contributed by atoms with E-state index in [1.165, 1.54) is 11.1 Å². The molecular formula is C14H23ClN2O. The second-order valence-corrected chi connectivity index (χ2v) is 4.96. The number of aryl methyl sites for hydroxylation is 1. The molecule has 4 heteroatoms. The Hall–Kier alpha value is -0.610. The maximum Gasteiger partial charge on any atom is 0.0447 e. The SMILES string of the molecule is Cc1cc(Cl)ccc1C(CN)NCCCCCO. The minimum Gasteiger partial charge on any atom is -0.396 e. The summed E-state index contributed by atoms with van der Waals surface area (Å²) < 4.78 is 0. The Morgan fingerprint density at radius 1 is 1.33 bits per heavy atom. The Labute approximate surface area is 114 Å². The van der Waals surface area contributed by atoms with Crippen LogP contribution in [0.5, 0.6) is 0 Å². The second kappa shape index (κ2) is 8.48. The van der Waals surface area contributed by atoms with Crippen molar-refractivity contribution in [1.82, 2.24) is 5.32 Å². The van der Waals surface area contributed by atoms with Gasteiger partial charge >= 0.3 is 0 Å². The van der Waals surface area contributed by atoms with Gasteiger partial charge in [0.15, 0.2) is 0 Å². The van der Waals surface area contributed by atoms with Gasteiger partial charge in [0.2, 0.25) is 0 Å². The molecule has 0 aliphatic rings. The summed E-state index contributed by atoms with van der Waals surface area (Å²) in [6.45, 7) is 3.82. The fourth-order valence-electron chi connectivity index (χ4n) is 2.04. The molecule has 0 heterocycles. The van der Waals surface area contributed by atoms with Crippen molar-refractivity contribution in [2.45, 2.75) is 32.2 Å². The average Bonchev–Trinajstić information content (AvgIpc) is 2.35. The van der Waals surface area contributed by atoms with E-state index in [4.69, 9.17) is 22.4 Å². The number of unbranched alkanes of at least 4 members (excludes halogenated alkanes) is 2. The van der Waals surface area contributed by atoms with E-state index in [0.717, 1.165) is 30.8 Å². The molecule has 18 heavy (non-hydrogen) atoms. The fourth-order valence-corrected chi connectivity index (χ4v) is 2.27. The van der Waals surface area contributed by atoms with E-state index in [0.29, 0.717) is 6.54 Å². The second-order valence-electron chi connectivity index (χ2n) is 4.53. The van der Waals surface area contributed by atoms with Crippen molar-refractivity contribution >= 4 is 11.6 Å². The normalized spacial score (nSPS) is 12.7. The number of aliphatic hydroxyl groups is 1. The van der Waals surface area contributed by atoms with Crippen molar-refractivity contribution < 1.29 is 5.11 Å². The molecule has 4 N–H and O–H groups in total. The molecule has 0 aliphatic carbocycles. The third kappa shape index (κ3) is 4.94. The topological polar surface area (TPSA) is 58.3 Å². The molecule has 0 aromatic heterocycles. The fraction of sp³-hybridized carbons (Fsp3) is 0.571. The van der Waals surface area contributed by atoms with Crippen molar-refractivity contribution in [1.29, 1.82) is 0 Å². The molecule has 0 fully saturated rings. The number of aliphatic hydroxyl groups excluding tert-OH is 1. The number of nitrogens with one attached hydrogen (secondary N) is 1. The van der Waals surface area contributed by atoms with Crippen molar-refractivity contribution in [2.75, 3.05) is 19.7 Å². The van der Waals surface area contributed by atoms with E-state index in [9.17, 15) is 0 Å². The molecular weight excluding hydrogens is 248 g/mol. The lowest BCUT2D eigenvalue weighted by molar-refractivity contribution is 0.282. The molecule has 0 saturated heterocycles. The summed E-state index contributed by atoms with van der Waals surface area (Å²) >= 11 is 5.95. The number of benzene rings is 1. The molecule has 3 nitrogen and oxygen atoms in total. The molecule has 1 unspecified atom stereocenters. The Kier molecular flexibility index (Phi) is 7.28. The maximum atomic E-state index is 8.71. The molecule has 0 bridgehead atoms. The zero-order valence-electron chi connectivity index (χ0n) is 11.0. The average molecular weight is 271 g/mol. The van der Waals surface area contributed by atoms with Gasteiger partial charge in [-0.3, -0.25) is 0 Å². The third-order valence-electron chi connectivity index (χ3n) is 3.07. The van der Waals surface area contributed by atoms with E-state index in [-0.39, 0.29) is 12.6 Å². The quantitative estimate of drug-likeness (QED) is 0.636. The number of halogens is 1. The molecule has 0 saturated carbocycles. The molecule has 1 aromatic rings. The van der Waals surface area contributed by atoms with Crippen LogP contribution in [0, 0.1) is 6.92 Å². The van der Waals surface area contributed by atoms with Crippen LogP contribution in [0.2, 0.25) is 5.02 Å². The largest absolute Gasteiger partial charge is 0.396 e. The smallest absolute Gasteiger partial charge is 0.0447 e. The van der Waals surface area contributed by atoms with Crippen LogP contribution >= 0.6 is 11.6 Å². The molecule has 0 aliphatic heterocycles. The summed E-state index contributed by atoms with van der Waals surface area (Å²) in [7, 11) is 0. The summed E-state index contributed by atoms with van der Waals surface area (Å²) in [6, 6.07) is 6.08. The Balaban J connectivity index is 2.49. The van der Waals surface area contributed by atoms with Crippen LogP contribution in [-0.2, 0) is 0 Å². The zero-order valence-corrected chi connectivity index (χ0v) is 11.7. The van der Waals surface area contributed by atoms with Crippen LogP contribution in [0.4, 0.5) is 0 Å². The molecule has 0 amide bonds. The van der Waals surface area contributed by atoms with Crippen LogP contribution in [0.25, 0.3) is 0 Å². The minimum absolute atomic E-state index is 0.177. The Bertz CT molecular complexity index is 358. The maximum absolute atomic E-state index is 8.71. The number of rotatable bonds is 8. The van der Waals surface area contributed by atoms with Crippen molar-refractivity contribution in [3.05, 3.63) is 34.3 Å². The van der Waals surface area contributed by atoms with Gasteiger partial charge in [0.05, 0.1) is 0 Å². The van der Waals surface area contributed by atoms with Crippen molar-refractivity contribution in [2.24, 2.45) is 5.73 Å². The number of nitrogens with two attached hydrogens (primary N) is 1. The van der Waals surface area contributed by atoms with Gasteiger partial charge < -0.3 is 16.2 Å². The highest BCUT2D eigenvalue weighted by atomic mass is 35.5. The highest BCUT2D eigenvalue weighted by Gasteiger charge is 2.11. The van der Waals surface area contributed by atoms with Crippen molar-refractivity contribution in [3.63, 3.8) is 0 Å². The van der Waals surface area contributed by atoms with Gasteiger partial charge in [-0.25, -0.2) is 0 Å². The van der Waals surface area contributed by atoms with Gasteiger partial charge in [0.1, 0.15) is 0 Å². The molecule has 1 aromatic carbocycles. The highest BCUT2D eigenvalue weighted by molar-refractivity contribution is 6.30. The molecule has 0 spiro atoms. The summed E-state index contributed by atoms with van der Waals surface area (Å²) in [5, 5.41) is 12.9. The lowest BCUT2D eigenvalue weighted by Crippen LogP contribution is -2.29. The molecule has 1 atom stereocenters. The van der Waals surface area contributed by atoms with Gasteiger partial charge in [-0.1, -0.05) is 17.7 Å². The first-order chi connectivity index (χ1) is 8.69. The first kappa shape index (κ1) is 15.4. The first-order valence-corrected chi connectivity index (χ1v) is 6.87. The van der Waals surface area contributed by atoms with Gasteiger partial charge in [-0.15, -0.1) is 0 Å². The molecule has 1 rings (SSSR count). The van der Waals surface area contributed by atoms with E-state index >= 15 is 0 Å². The van der Waals surface area contributed by atoms with Crippen LogP contribution in [0.1, 0.15) is 36.4 Å². The minimum atomic E-state index is 0.177. The standard InChI is InChI=1S/C14H23ClN2O/c1-11-9-12(15)5-6-13(11)14(10-16)17-7-3-2-4-8-18/h5-6,9,14,17-18H,2-4,7-8,10,16H2,1H3. The van der Waals surface area contributed by atoms with Crippen LogP contribution in [-0.4, -0.2) is 24.8 Å². The highest BCUT2D eigenvalue weighted by Crippen LogP contribution is 2.20. The van der Waals surface area contributed by atoms with Gasteiger partial charge in [0.25, 0.3) is 0 Å². The Morgan fingerprint density at radius 2 is 2.11 bits per heavy atom. The number of hydrogen-bond donors (Lipinski definition) is 3. The lowest BCUT2D eigenvalue weighted by atomic mass is 10.0. The van der Waals surface area contributed by atoms with E-state index < -0.39 is 0 Å². The zero-order chi connectivity index (χ0) is 13.4. The summed E-state index contributed by atoms with van der Waals surface area (Å²) in [5.74, 6) is 0.